The van der Waals surface area contributed by atoms with Crippen LogP contribution in [0.1, 0.15) is 19.3 Å². The van der Waals surface area contributed by atoms with Crippen LogP contribution in [0.5, 0.6) is 0 Å². The van der Waals surface area contributed by atoms with Gasteiger partial charge in [-0.2, -0.15) is 0 Å². The van der Waals surface area contributed by atoms with Gasteiger partial charge in [0.05, 0.1) is 12.2 Å². The molecule has 0 aliphatic carbocycles. The van der Waals surface area contributed by atoms with E-state index in [1.165, 1.54) is 52.1 Å². The van der Waals surface area contributed by atoms with E-state index in [0.717, 1.165) is 32.3 Å². The van der Waals surface area contributed by atoms with Crippen LogP contribution in [0.2, 0.25) is 0 Å². The fourth-order valence-corrected chi connectivity index (χ4v) is 4.18. The number of nitrogens with one attached hydrogen (secondary N) is 1. The molecule has 4 aliphatic heterocycles. The molecule has 4 rings (SSSR count). The highest BCUT2D eigenvalue weighted by Gasteiger charge is 2.43. The number of rotatable bonds is 2. The Balaban J connectivity index is 1.32. The van der Waals surface area contributed by atoms with Gasteiger partial charge in [0, 0.05) is 71.0 Å². The minimum absolute atomic E-state index is 0.0535. The van der Waals surface area contributed by atoms with Crippen molar-refractivity contribution in [1.29, 1.82) is 0 Å². The van der Waals surface area contributed by atoms with Crippen LogP contribution >= 0.6 is 0 Å². The zero-order valence-electron chi connectivity index (χ0n) is 12.4. The van der Waals surface area contributed by atoms with Crippen LogP contribution in [0.3, 0.4) is 0 Å². The molecule has 20 heavy (non-hydrogen) atoms. The second-order valence-electron chi connectivity index (χ2n) is 6.86. The molecule has 5 nitrogen and oxygen atoms in total. The van der Waals surface area contributed by atoms with Crippen LogP contribution in [0.15, 0.2) is 0 Å². The molecule has 0 aromatic heterocycles. The highest BCUT2D eigenvalue weighted by molar-refractivity contribution is 4.95. The van der Waals surface area contributed by atoms with E-state index in [1.807, 2.05) is 0 Å². The van der Waals surface area contributed by atoms with Crippen molar-refractivity contribution in [3.63, 3.8) is 0 Å². The van der Waals surface area contributed by atoms with Gasteiger partial charge in [-0.1, -0.05) is 0 Å². The predicted octanol–water partition coefficient (Wildman–Crippen LogP) is -0.0861. The molecule has 1 spiro atoms. The van der Waals surface area contributed by atoms with Crippen LogP contribution in [0.25, 0.3) is 0 Å². The molecular weight excluding hydrogens is 254 g/mol. The number of hydrogen-bond donors (Lipinski definition) is 1. The maximum atomic E-state index is 6.06. The number of nitrogens with zero attached hydrogens (tertiary/aromatic N) is 2. The minimum atomic E-state index is 0.0535. The predicted molar refractivity (Wildman–Crippen MR) is 76.9 cm³/mol. The molecule has 0 radical (unpaired) electrons. The van der Waals surface area contributed by atoms with E-state index in [0.29, 0.717) is 6.04 Å². The summed E-state index contributed by atoms with van der Waals surface area (Å²) in [6, 6.07) is 1.52. The van der Waals surface area contributed by atoms with E-state index < -0.39 is 0 Å². The van der Waals surface area contributed by atoms with Crippen LogP contribution in [0, 0.1) is 0 Å². The van der Waals surface area contributed by atoms with Crippen molar-refractivity contribution in [2.24, 2.45) is 0 Å². The maximum Gasteiger partial charge on any atom is 0.0951 e. The largest absolute Gasteiger partial charge is 0.378 e. The first kappa shape index (κ1) is 13.5. The van der Waals surface area contributed by atoms with Crippen LogP contribution in [-0.2, 0) is 9.47 Å². The molecular formula is C15H27N3O2. The van der Waals surface area contributed by atoms with Crippen molar-refractivity contribution in [3.05, 3.63) is 0 Å². The molecule has 114 valence electrons. The van der Waals surface area contributed by atoms with E-state index in [4.69, 9.17) is 9.47 Å². The molecule has 4 heterocycles. The van der Waals surface area contributed by atoms with E-state index in [1.54, 1.807) is 0 Å². The fraction of sp³-hybridized carbons (Fsp3) is 1.00. The smallest absolute Gasteiger partial charge is 0.0951 e. The Kier molecular flexibility index (Phi) is 3.73. The summed E-state index contributed by atoms with van der Waals surface area (Å²) in [4.78, 5) is 5.38. The lowest BCUT2D eigenvalue weighted by atomic mass is 9.88. The van der Waals surface area contributed by atoms with Gasteiger partial charge < -0.3 is 14.8 Å². The molecule has 0 aromatic rings. The van der Waals surface area contributed by atoms with Crippen LogP contribution in [0.4, 0.5) is 0 Å². The molecule has 4 aliphatic rings. The normalized spacial score (nSPS) is 41.1. The number of hydrogen-bond acceptors (Lipinski definition) is 5. The SMILES string of the molecule is C1CC2(CO1)CC(N1CCN(C3CNC3)CC1)CCO2. The lowest BCUT2D eigenvalue weighted by Crippen LogP contribution is -2.63. The molecule has 4 fully saturated rings. The summed E-state index contributed by atoms with van der Waals surface area (Å²) in [5.41, 5.74) is 0.0535. The van der Waals surface area contributed by atoms with Crippen molar-refractivity contribution < 1.29 is 9.47 Å². The van der Waals surface area contributed by atoms with Gasteiger partial charge in [-0.25, -0.2) is 0 Å². The van der Waals surface area contributed by atoms with Crippen molar-refractivity contribution >= 4 is 0 Å². The Bertz CT molecular complexity index is 334. The van der Waals surface area contributed by atoms with Crippen LogP contribution in [-0.4, -0.2) is 86.6 Å². The maximum absolute atomic E-state index is 6.06. The van der Waals surface area contributed by atoms with Gasteiger partial charge in [0.25, 0.3) is 0 Å². The Labute approximate surface area is 121 Å². The van der Waals surface area contributed by atoms with Gasteiger partial charge >= 0.3 is 0 Å². The molecule has 0 saturated carbocycles. The minimum Gasteiger partial charge on any atom is -0.378 e. The number of piperazine rings is 1. The van der Waals surface area contributed by atoms with Gasteiger partial charge in [-0.05, 0) is 12.8 Å². The fourth-order valence-electron chi connectivity index (χ4n) is 4.18. The van der Waals surface area contributed by atoms with Gasteiger partial charge in [-0.3, -0.25) is 9.80 Å². The van der Waals surface area contributed by atoms with E-state index in [-0.39, 0.29) is 5.60 Å². The standard InChI is InChI=1S/C15H27N3O2/c1-7-20-15(2-8-19-12-15)9-13(1)17-3-5-18(6-4-17)14-10-16-11-14/h13-14,16H,1-12H2. The molecule has 0 bridgehead atoms. The molecule has 5 heteroatoms. The van der Waals surface area contributed by atoms with E-state index in [9.17, 15) is 0 Å². The average molecular weight is 281 g/mol. The van der Waals surface area contributed by atoms with Gasteiger partial charge in [0.2, 0.25) is 0 Å². The third-order valence-corrected chi connectivity index (χ3v) is 5.68. The summed E-state index contributed by atoms with van der Waals surface area (Å²) in [6.45, 7) is 9.96. The van der Waals surface area contributed by atoms with Crippen LogP contribution < -0.4 is 5.32 Å². The Morgan fingerprint density at radius 2 is 1.70 bits per heavy atom. The van der Waals surface area contributed by atoms with Crippen molar-refractivity contribution in [2.75, 3.05) is 59.1 Å². The highest BCUT2D eigenvalue weighted by atomic mass is 16.6. The summed E-state index contributed by atoms with van der Waals surface area (Å²) >= 11 is 0. The molecule has 4 saturated heterocycles. The van der Waals surface area contributed by atoms with E-state index in [2.05, 4.69) is 15.1 Å². The third kappa shape index (κ3) is 2.50. The van der Waals surface area contributed by atoms with E-state index >= 15 is 0 Å². The summed E-state index contributed by atoms with van der Waals surface area (Å²) < 4.78 is 11.6. The summed E-state index contributed by atoms with van der Waals surface area (Å²) in [5, 5.41) is 3.38. The Hall–Kier alpha value is -0.200. The topological polar surface area (TPSA) is 37.0 Å². The Morgan fingerprint density at radius 1 is 0.950 bits per heavy atom. The molecule has 1 N–H and O–H groups in total. The molecule has 2 atom stereocenters. The second-order valence-corrected chi connectivity index (χ2v) is 6.86. The van der Waals surface area contributed by atoms with Gasteiger partial charge in [0.1, 0.15) is 0 Å². The first-order chi connectivity index (χ1) is 9.85. The third-order valence-electron chi connectivity index (χ3n) is 5.68. The van der Waals surface area contributed by atoms with Crippen molar-refractivity contribution in [1.82, 2.24) is 15.1 Å². The lowest BCUT2D eigenvalue weighted by Gasteiger charge is -2.48. The zero-order chi connectivity index (χ0) is 13.4. The molecule has 0 amide bonds. The quantitative estimate of drug-likeness (QED) is 0.766. The summed E-state index contributed by atoms with van der Waals surface area (Å²) in [5.74, 6) is 0. The summed E-state index contributed by atoms with van der Waals surface area (Å²) in [6.07, 6.45) is 3.47. The monoisotopic (exact) mass is 281 g/mol. The van der Waals surface area contributed by atoms with Crippen molar-refractivity contribution in [3.8, 4) is 0 Å². The molecule has 0 aromatic carbocycles. The lowest BCUT2D eigenvalue weighted by molar-refractivity contribution is -0.111. The second kappa shape index (κ2) is 5.54. The van der Waals surface area contributed by atoms with Gasteiger partial charge in [-0.15, -0.1) is 0 Å². The zero-order valence-corrected chi connectivity index (χ0v) is 12.4. The van der Waals surface area contributed by atoms with Gasteiger partial charge in [0.15, 0.2) is 0 Å². The molecule has 2 unspecified atom stereocenters. The summed E-state index contributed by atoms with van der Waals surface area (Å²) in [7, 11) is 0. The average Bonchev–Trinajstić information content (AvgIpc) is 2.86. The Morgan fingerprint density at radius 3 is 2.30 bits per heavy atom. The highest BCUT2D eigenvalue weighted by Crippen LogP contribution is 2.35. The first-order valence-corrected chi connectivity index (χ1v) is 8.25. The number of ether oxygens (including phenoxy) is 2. The van der Waals surface area contributed by atoms with Crippen molar-refractivity contribution in [2.45, 2.75) is 36.9 Å². The first-order valence-electron chi connectivity index (χ1n) is 8.25.